The Labute approximate surface area is 160 Å². The van der Waals surface area contributed by atoms with Crippen molar-refractivity contribution in [3.8, 4) is 0 Å². The van der Waals surface area contributed by atoms with E-state index in [-0.39, 0.29) is 11.9 Å². The first-order valence-electron chi connectivity index (χ1n) is 9.14. The molecule has 144 valence electrons. The zero-order chi connectivity index (χ0) is 19.6. The molecule has 2 aromatic rings. The molecular weight excluding hydrogens is 342 g/mol. The lowest BCUT2D eigenvalue weighted by Gasteiger charge is -2.21. The molecule has 0 heterocycles. The lowest BCUT2D eigenvalue weighted by molar-refractivity contribution is -0.115. The summed E-state index contributed by atoms with van der Waals surface area (Å²) in [5.41, 5.74) is 3.17. The lowest BCUT2D eigenvalue weighted by atomic mass is 10.2. The van der Waals surface area contributed by atoms with Crippen LogP contribution in [0.2, 0.25) is 0 Å². The van der Waals surface area contributed by atoms with Crippen molar-refractivity contribution in [2.75, 3.05) is 42.3 Å². The summed E-state index contributed by atoms with van der Waals surface area (Å²) in [6.07, 6.45) is 0.320. The summed E-state index contributed by atoms with van der Waals surface area (Å²) < 4.78 is 4.70. The first kappa shape index (κ1) is 20.3. The Kier molecular flexibility index (Phi) is 7.67. The second-order valence-corrected chi connectivity index (χ2v) is 6.02. The fourth-order valence-corrected chi connectivity index (χ4v) is 2.76. The number of methoxy groups -OCH3 is 1. The highest BCUT2D eigenvalue weighted by molar-refractivity contribution is 5.91. The van der Waals surface area contributed by atoms with Crippen molar-refractivity contribution in [1.82, 2.24) is 0 Å². The van der Waals surface area contributed by atoms with Crippen LogP contribution in [0.5, 0.6) is 0 Å². The van der Waals surface area contributed by atoms with Crippen LogP contribution in [0.15, 0.2) is 48.5 Å². The molecule has 2 rings (SSSR count). The molecule has 0 aliphatic heterocycles. The van der Waals surface area contributed by atoms with Crippen molar-refractivity contribution in [1.29, 1.82) is 0 Å². The number of nitrogens with zero attached hydrogens (tertiary/aromatic N) is 1. The number of ether oxygens (including phenoxy) is 1. The lowest BCUT2D eigenvalue weighted by Crippen LogP contribution is -2.21. The molecule has 0 aliphatic carbocycles. The fourth-order valence-electron chi connectivity index (χ4n) is 2.76. The average molecular weight is 369 g/mol. The highest BCUT2D eigenvalue weighted by Gasteiger charge is 2.07. The Morgan fingerprint density at radius 3 is 2.33 bits per heavy atom. The van der Waals surface area contributed by atoms with Gasteiger partial charge in [0.1, 0.15) is 0 Å². The van der Waals surface area contributed by atoms with Gasteiger partial charge in [0, 0.05) is 43.1 Å². The highest BCUT2D eigenvalue weighted by atomic mass is 16.5. The molecular formula is C21H27N3O3. The van der Waals surface area contributed by atoms with E-state index in [1.165, 1.54) is 7.11 Å². The minimum Gasteiger partial charge on any atom is -0.465 e. The molecule has 0 spiro atoms. The molecule has 27 heavy (non-hydrogen) atoms. The van der Waals surface area contributed by atoms with E-state index in [9.17, 15) is 9.59 Å². The van der Waals surface area contributed by atoms with Crippen LogP contribution in [0, 0.1) is 0 Å². The molecule has 0 aliphatic rings. The number of hydrogen-bond donors (Lipinski definition) is 2. The van der Waals surface area contributed by atoms with E-state index in [0.29, 0.717) is 18.5 Å². The molecule has 0 bridgehead atoms. The minimum atomic E-state index is -0.385. The first-order valence-corrected chi connectivity index (χ1v) is 9.14. The van der Waals surface area contributed by atoms with Crippen LogP contribution in [-0.2, 0) is 9.53 Å². The van der Waals surface area contributed by atoms with Gasteiger partial charge in [0.25, 0.3) is 0 Å². The van der Waals surface area contributed by atoms with E-state index in [1.54, 1.807) is 18.2 Å². The van der Waals surface area contributed by atoms with Crippen LogP contribution < -0.4 is 15.5 Å². The van der Waals surface area contributed by atoms with Gasteiger partial charge in [0.15, 0.2) is 0 Å². The van der Waals surface area contributed by atoms with Crippen molar-refractivity contribution in [2.45, 2.75) is 20.3 Å². The van der Waals surface area contributed by atoms with Crippen molar-refractivity contribution in [2.24, 2.45) is 0 Å². The number of benzene rings is 2. The largest absolute Gasteiger partial charge is 0.465 e. The Morgan fingerprint density at radius 2 is 1.70 bits per heavy atom. The number of hydrogen-bond acceptors (Lipinski definition) is 5. The maximum atomic E-state index is 12.1. The number of anilines is 3. The second kappa shape index (κ2) is 10.2. The van der Waals surface area contributed by atoms with E-state index in [4.69, 9.17) is 4.74 Å². The van der Waals surface area contributed by atoms with Crippen molar-refractivity contribution >= 4 is 28.9 Å². The van der Waals surface area contributed by atoms with E-state index >= 15 is 0 Å². The summed E-state index contributed by atoms with van der Waals surface area (Å²) in [4.78, 5) is 25.9. The summed E-state index contributed by atoms with van der Waals surface area (Å²) in [5.74, 6) is -0.452. The summed E-state index contributed by atoms with van der Waals surface area (Å²) >= 11 is 0. The second-order valence-electron chi connectivity index (χ2n) is 6.02. The fraction of sp³-hybridized carbons (Fsp3) is 0.333. The van der Waals surface area contributed by atoms with Gasteiger partial charge in [0.05, 0.1) is 12.7 Å². The third kappa shape index (κ3) is 6.02. The molecule has 0 saturated carbocycles. The summed E-state index contributed by atoms with van der Waals surface area (Å²) in [6.45, 7) is 6.60. The molecule has 6 nitrogen and oxygen atoms in total. The predicted octanol–water partition coefficient (Wildman–Crippen LogP) is 3.76. The molecule has 2 aromatic carbocycles. The number of esters is 1. The van der Waals surface area contributed by atoms with Gasteiger partial charge in [-0.15, -0.1) is 0 Å². The van der Waals surface area contributed by atoms with Crippen LogP contribution in [0.1, 0.15) is 30.6 Å². The van der Waals surface area contributed by atoms with Gasteiger partial charge in [-0.1, -0.05) is 6.07 Å². The maximum absolute atomic E-state index is 12.1. The number of nitrogens with one attached hydrogen (secondary N) is 2. The number of rotatable bonds is 9. The molecule has 0 saturated heterocycles. The van der Waals surface area contributed by atoms with E-state index in [1.807, 2.05) is 30.3 Å². The standard InChI is InChI=1S/C21H27N3O3/c1-4-24(5-2)19-11-9-17(10-12-19)23-20(25)13-14-22-18-8-6-7-16(15-18)21(26)27-3/h6-12,15,22H,4-5,13-14H2,1-3H3,(H,23,25). The van der Waals surface area contributed by atoms with E-state index in [2.05, 4.69) is 29.4 Å². The topological polar surface area (TPSA) is 70.7 Å². The summed E-state index contributed by atoms with van der Waals surface area (Å²) in [6, 6.07) is 14.9. The third-order valence-corrected chi connectivity index (χ3v) is 4.24. The summed E-state index contributed by atoms with van der Waals surface area (Å²) in [5, 5.41) is 6.04. The van der Waals surface area contributed by atoms with Gasteiger partial charge in [-0.3, -0.25) is 4.79 Å². The average Bonchev–Trinajstić information content (AvgIpc) is 2.69. The van der Waals surface area contributed by atoms with Crippen molar-refractivity contribution in [3.63, 3.8) is 0 Å². The van der Waals surface area contributed by atoms with Crippen LogP contribution in [0.3, 0.4) is 0 Å². The van der Waals surface area contributed by atoms with Gasteiger partial charge >= 0.3 is 5.97 Å². The molecule has 0 fully saturated rings. The van der Waals surface area contributed by atoms with Gasteiger partial charge < -0.3 is 20.3 Å². The smallest absolute Gasteiger partial charge is 0.337 e. The van der Waals surface area contributed by atoms with Crippen molar-refractivity contribution < 1.29 is 14.3 Å². The molecule has 0 atom stereocenters. The monoisotopic (exact) mass is 369 g/mol. The Morgan fingerprint density at radius 1 is 1.00 bits per heavy atom. The third-order valence-electron chi connectivity index (χ3n) is 4.24. The zero-order valence-corrected chi connectivity index (χ0v) is 16.1. The van der Waals surface area contributed by atoms with Gasteiger partial charge in [-0.2, -0.15) is 0 Å². The molecule has 2 N–H and O–H groups in total. The number of amides is 1. The van der Waals surface area contributed by atoms with E-state index in [0.717, 1.165) is 30.2 Å². The Balaban J connectivity index is 1.82. The quantitative estimate of drug-likeness (QED) is 0.659. The predicted molar refractivity (Wildman–Crippen MR) is 110 cm³/mol. The molecule has 0 unspecified atom stereocenters. The zero-order valence-electron chi connectivity index (χ0n) is 16.1. The van der Waals surface area contributed by atoms with Crippen LogP contribution in [0.4, 0.5) is 17.1 Å². The summed E-state index contributed by atoms with van der Waals surface area (Å²) in [7, 11) is 1.35. The molecule has 6 heteroatoms. The normalized spacial score (nSPS) is 10.2. The Bertz CT molecular complexity index is 756. The number of carbonyl (C=O) groups excluding carboxylic acids is 2. The molecule has 0 radical (unpaired) electrons. The SMILES string of the molecule is CCN(CC)c1ccc(NC(=O)CCNc2cccc(C(=O)OC)c2)cc1. The van der Waals surface area contributed by atoms with Crippen LogP contribution in [0.25, 0.3) is 0 Å². The maximum Gasteiger partial charge on any atom is 0.337 e. The highest BCUT2D eigenvalue weighted by Crippen LogP contribution is 2.18. The molecule has 1 amide bonds. The van der Waals surface area contributed by atoms with Crippen LogP contribution >= 0.6 is 0 Å². The van der Waals surface area contributed by atoms with E-state index < -0.39 is 0 Å². The van der Waals surface area contributed by atoms with Gasteiger partial charge in [0.2, 0.25) is 5.91 Å². The minimum absolute atomic E-state index is 0.0674. The Hall–Kier alpha value is -3.02. The number of carbonyl (C=O) groups is 2. The van der Waals surface area contributed by atoms with Crippen LogP contribution in [-0.4, -0.2) is 38.6 Å². The van der Waals surface area contributed by atoms with Gasteiger partial charge in [-0.05, 0) is 56.3 Å². The van der Waals surface area contributed by atoms with Crippen molar-refractivity contribution in [3.05, 3.63) is 54.1 Å². The van der Waals surface area contributed by atoms with Gasteiger partial charge in [-0.25, -0.2) is 4.79 Å². The molecule has 0 aromatic heterocycles. The first-order chi connectivity index (χ1) is 13.1.